The number of carbonyl (C=O) groups excluding carboxylic acids is 1. The number of nitrogens with one attached hydrogen (secondary N) is 1. The maximum atomic E-state index is 13.6. The van der Waals surface area contributed by atoms with E-state index in [-0.39, 0.29) is 11.7 Å². The van der Waals surface area contributed by atoms with E-state index in [9.17, 15) is 9.18 Å². The molecular formula is C22H34FN3O. The number of carbonyl (C=O) groups is 1. The van der Waals surface area contributed by atoms with Crippen LogP contribution in [-0.2, 0) is 11.3 Å². The molecule has 0 aromatic heterocycles. The standard InChI is InChI=1S/C22H34FN3O/c1-18-6-7-20(14-21(18)23)15-24-22(27)17-26-12-8-19(9-13-26)16-25-10-4-2-3-5-11-25/h6-7,14,19H,2-5,8-13,15-17H2,1H3,(H,24,27). The van der Waals surface area contributed by atoms with Crippen molar-refractivity contribution in [1.29, 1.82) is 0 Å². The predicted molar refractivity (Wildman–Crippen MR) is 107 cm³/mol. The highest BCUT2D eigenvalue weighted by molar-refractivity contribution is 5.78. The summed E-state index contributed by atoms with van der Waals surface area (Å²) in [5, 5.41) is 2.92. The molecule has 0 bridgehead atoms. The second kappa shape index (κ2) is 10.2. The van der Waals surface area contributed by atoms with Crippen LogP contribution in [0.3, 0.4) is 0 Å². The zero-order chi connectivity index (χ0) is 19.1. The quantitative estimate of drug-likeness (QED) is 0.828. The van der Waals surface area contributed by atoms with Gasteiger partial charge in [0.15, 0.2) is 0 Å². The summed E-state index contributed by atoms with van der Waals surface area (Å²) in [5.74, 6) is 0.591. The van der Waals surface area contributed by atoms with E-state index in [1.807, 2.05) is 6.07 Å². The number of hydrogen-bond acceptors (Lipinski definition) is 3. The third-order valence-corrected chi connectivity index (χ3v) is 6.02. The lowest BCUT2D eigenvalue weighted by Gasteiger charge is -2.34. The number of nitrogens with zero attached hydrogens (tertiary/aromatic N) is 2. The first kappa shape index (κ1) is 20.3. The van der Waals surface area contributed by atoms with Crippen LogP contribution in [0.4, 0.5) is 4.39 Å². The van der Waals surface area contributed by atoms with Gasteiger partial charge in [-0.05, 0) is 81.9 Å². The largest absolute Gasteiger partial charge is 0.351 e. The van der Waals surface area contributed by atoms with Crippen LogP contribution in [0.1, 0.15) is 49.7 Å². The number of hydrogen-bond donors (Lipinski definition) is 1. The summed E-state index contributed by atoms with van der Waals surface area (Å²) in [5.41, 5.74) is 1.44. The molecule has 0 atom stereocenters. The van der Waals surface area contributed by atoms with Crippen LogP contribution in [-0.4, -0.2) is 55.0 Å². The molecule has 0 spiro atoms. The van der Waals surface area contributed by atoms with Crippen molar-refractivity contribution < 1.29 is 9.18 Å². The highest BCUT2D eigenvalue weighted by Crippen LogP contribution is 2.20. The Balaban J connectivity index is 1.34. The van der Waals surface area contributed by atoms with Gasteiger partial charge in [0.05, 0.1) is 6.54 Å². The lowest BCUT2D eigenvalue weighted by molar-refractivity contribution is -0.122. The van der Waals surface area contributed by atoms with Crippen molar-refractivity contribution in [3.63, 3.8) is 0 Å². The second-order valence-corrected chi connectivity index (χ2v) is 8.29. The summed E-state index contributed by atoms with van der Waals surface area (Å²) in [7, 11) is 0. The van der Waals surface area contributed by atoms with E-state index in [1.165, 1.54) is 64.2 Å². The lowest BCUT2D eigenvalue weighted by atomic mass is 9.96. The molecule has 27 heavy (non-hydrogen) atoms. The minimum atomic E-state index is -0.215. The number of benzene rings is 1. The zero-order valence-electron chi connectivity index (χ0n) is 16.7. The first-order chi connectivity index (χ1) is 13.1. The lowest BCUT2D eigenvalue weighted by Crippen LogP contribution is -2.43. The Hall–Kier alpha value is -1.46. The zero-order valence-corrected chi connectivity index (χ0v) is 16.7. The van der Waals surface area contributed by atoms with E-state index >= 15 is 0 Å². The molecule has 2 aliphatic rings. The monoisotopic (exact) mass is 375 g/mol. The van der Waals surface area contributed by atoms with Crippen LogP contribution in [0.2, 0.25) is 0 Å². The summed E-state index contributed by atoms with van der Waals surface area (Å²) >= 11 is 0. The van der Waals surface area contributed by atoms with Gasteiger partial charge in [-0.15, -0.1) is 0 Å². The number of likely N-dealkylation sites (tertiary alicyclic amines) is 2. The molecule has 4 nitrogen and oxygen atoms in total. The fourth-order valence-corrected chi connectivity index (χ4v) is 4.22. The summed E-state index contributed by atoms with van der Waals surface area (Å²) in [4.78, 5) is 17.1. The summed E-state index contributed by atoms with van der Waals surface area (Å²) < 4.78 is 13.6. The molecule has 0 unspecified atom stereocenters. The van der Waals surface area contributed by atoms with Gasteiger partial charge in [0, 0.05) is 13.1 Å². The number of piperidine rings is 1. The Bertz CT molecular complexity index is 606. The van der Waals surface area contributed by atoms with Crippen LogP contribution in [0, 0.1) is 18.7 Å². The molecule has 1 amide bonds. The van der Waals surface area contributed by atoms with Crippen molar-refractivity contribution >= 4 is 5.91 Å². The Kier molecular flexibility index (Phi) is 7.65. The first-order valence-corrected chi connectivity index (χ1v) is 10.6. The van der Waals surface area contributed by atoms with Gasteiger partial charge in [-0.25, -0.2) is 4.39 Å². The van der Waals surface area contributed by atoms with Gasteiger partial charge < -0.3 is 10.2 Å². The van der Waals surface area contributed by atoms with Crippen LogP contribution in [0.5, 0.6) is 0 Å². The molecule has 1 aromatic rings. The van der Waals surface area contributed by atoms with Gasteiger partial charge in [0.25, 0.3) is 0 Å². The van der Waals surface area contributed by atoms with Gasteiger partial charge in [-0.3, -0.25) is 9.69 Å². The summed E-state index contributed by atoms with van der Waals surface area (Å²) in [6.45, 7) is 8.36. The third-order valence-electron chi connectivity index (χ3n) is 6.02. The van der Waals surface area contributed by atoms with E-state index < -0.39 is 0 Å². The predicted octanol–water partition coefficient (Wildman–Crippen LogP) is 3.34. The molecule has 2 fully saturated rings. The van der Waals surface area contributed by atoms with E-state index in [0.29, 0.717) is 18.7 Å². The van der Waals surface area contributed by atoms with Gasteiger partial charge in [0.1, 0.15) is 5.82 Å². The van der Waals surface area contributed by atoms with Crippen LogP contribution in [0.15, 0.2) is 18.2 Å². The average Bonchev–Trinajstić information content (AvgIpc) is 2.93. The Morgan fingerprint density at radius 2 is 1.78 bits per heavy atom. The molecule has 150 valence electrons. The fraction of sp³-hybridized carbons (Fsp3) is 0.682. The van der Waals surface area contributed by atoms with Crippen molar-refractivity contribution in [1.82, 2.24) is 15.1 Å². The van der Waals surface area contributed by atoms with E-state index in [2.05, 4.69) is 15.1 Å². The maximum absolute atomic E-state index is 13.6. The molecule has 3 rings (SSSR count). The Labute approximate surface area is 163 Å². The molecule has 5 heteroatoms. The van der Waals surface area contributed by atoms with Crippen molar-refractivity contribution in [3.8, 4) is 0 Å². The van der Waals surface area contributed by atoms with Crippen molar-refractivity contribution in [3.05, 3.63) is 35.1 Å². The maximum Gasteiger partial charge on any atom is 0.234 e. The Morgan fingerprint density at radius 1 is 1.07 bits per heavy atom. The van der Waals surface area contributed by atoms with Crippen LogP contribution in [0.25, 0.3) is 0 Å². The summed E-state index contributed by atoms with van der Waals surface area (Å²) in [6, 6.07) is 5.13. The third kappa shape index (κ3) is 6.58. The van der Waals surface area contributed by atoms with Gasteiger partial charge in [-0.2, -0.15) is 0 Å². The number of amides is 1. The van der Waals surface area contributed by atoms with Crippen LogP contribution < -0.4 is 5.32 Å². The normalized spacial score (nSPS) is 20.4. The SMILES string of the molecule is Cc1ccc(CNC(=O)CN2CCC(CN3CCCCCC3)CC2)cc1F. The van der Waals surface area contributed by atoms with E-state index in [4.69, 9.17) is 0 Å². The summed E-state index contributed by atoms with van der Waals surface area (Å²) in [6.07, 6.45) is 7.85. The van der Waals surface area contributed by atoms with E-state index in [0.717, 1.165) is 24.6 Å². The van der Waals surface area contributed by atoms with Crippen molar-refractivity contribution in [2.75, 3.05) is 39.3 Å². The molecule has 0 radical (unpaired) electrons. The number of aryl methyl sites for hydroxylation is 1. The molecule has 2 saturated heterocycles. The molecule has 0 saturated carbocycles. The van der Waals surface area contributed by atoms with Crippen molar-refractivity contribution in [2.24, 2.45) is 5.92 Å². The highest BCUT2D eigenvalue weighted by Gasteiger charge is 2.23. The second-order valence-electron chi connectivity index (χ2n) is 8.29. The van der Waals surface area contributed by atoms with E-state index in [1.54, 1.807) is 13.0 Å². The molecule has 2 aliphatic heterocycles. The molecular weight excluding hydrogens is 341 g/mol. The molecule has 2 heterocycles. The Morgan fingerprint density at radius 3 is 2.44 bits per heavy atom. The van der Waals surface area contributed by atoms with Gasteiger partial charge >= 0.3 is 0 Å². The molecule has 1 N–H and O–H groups in total. The average molecular weight is 376 g/mol. The fourth-order valence-electron chi connectivity index (χ4n) is 4.22. The first-order valence-electron chi connectivity index (χ1n) is 10.6. The minimum absolute atomic E-state index is 0.0296. The highest BCUT2D eigenvalue weighted by atomic mass is 19.1. The minimum Gasteiger partial charge on any atom is -0.351 e. The topological polar surface area (TPSA) is 35.6 Å². The molecule has 1 aromatic carbocycles. The number of halogens is 1. The number of rotatable bonds is 6. The van der Waals surface area contributed by atoms with Crippen LogP contribution >= 0.6 is 0 Å². The van der Waals surface area contributed by atoms with Gasteiger partial charge in [-0.1, -0.05) is 25.0 Å². The van der Waals surface area contributed by atoms with Gasteiger partial charge in [0.2, 0.25) is 5.91 Å². The smallest absolute Gasteiger partial charge is 0.234 e. The molecule has 0 aliphatic carbocycles. The van der Waals surface area contributed by atoms with Crippen molar-refractivity contribution in [2.45, 2.75) is 52.0 Å².